The maximum Gasteiger partial charge on any atom is 0.337 e. The molecule has 0 unspecified atom stereocenters. The van der Waals surface area contributed by atoms with Gasteiger partial charge in [-0.15, -0.1) is 0 Å². The van der Waals surface area contributed by atoms with Crippen LogP contribution in [-0.2, 0) is 13.1 Å². The van der Waals surface area contributed by atoms with Crippen LogP contribution in [0.2, 0.25) is 10.0 Å². The number of carboxylic acid groups (broad SMARTS) is 3. The number of carboxylic acids is 3. The molecule has 0 radical (unpaired) electrons. The average Bonchev–Trinajstić information content (AvgIpc) is 3.37. The number of halogens is 2. The number of benzene rings is 7. The minimum atomic E-state index is -1.42. The molecule has 2 heterocycles. The van der Waals surface area contributed by atoms with E-state index in [4.69, 9.17) is 32.0 Å². The van der Waals surface area contributed by atoms with Gasteiger partial charge in [0.1, 0.15) is 28.4 Å². The lowest BCUT2D eigenvalue weighted by Gasteiger charge is -2.21. The van der Waals surface area contributed by atoms with E-state index in [1.165, 1.54) is 60.7 Å². The Morgan fingerprint density at radius 1 is 0.635 bits per heavy atom. The van der Waals surface area contributed by atoms with Crippen LogP contribution in [0.15, 0.2) is 128 Å². The number of phenolic OH excluding ortho intramolecular Hbond substituents is 1. The first-order chi connectivity index (χ1) is 35.5. The second-order valence-electron chi connectivity index (χ2n) is 17.1. The van der Waals surface area contributed by atoms with Crippen LogP contribution < -0.4 is 26.7 Å². The van der Waals surface area contributed by atoms with Gasteiger partial charge < -0.3 is 45.2 Å². The summed E-state index contributed by atoms with van der Waals surface area (Å²) in [7, 11) is 0. The van der Waals surface area contributed by atoms with E-state index in [-0.39, 0.29) is 90.3 Å². The molecule has 2 aliphatic carbocycles. The largest absolute Gasteiger partial charge is 0.508 e. The van der Waals surface area contributed by atoms with E-state index < -0.39 is 40.7 Å². The molecule has 0 saturated carbocycles. The summed E-state index contributed by atoms with van der Waals surface area (Å²) < 4.78 is 12.6. The minimum absolute atomic E-state index is 0.00511. The number of carbonyl (C=O) groups excluding carboxylic acids is 2. The van der Waals surface area contributed by atoms with Gasteiger partial charge in [0.05, 0.1) is 49.8 Å². The molecule has 7 N–H and O–H groups in total. The van der Waals surface area contributed by atoms with Gasteiger partial charge in [-0.3, -0.25) is 19.4 Å². The second kappa shape index (κ2) is 20.3. The predicted octanol–water partition coefficient (Wildman–Crippen LogP) is 10.7. The van der Waals surface area contributed by atoms with Crippen molar-refractivity contribution in [3.05, 3.63) is 179 Å². The average molecular weight is 1030 g/mol. The zero-order valence-electron chi connectivity index (χ0n) is 39.5. The van der Waals surface area contributed by atoms with Gasteiger partial charge in [-0.25, -0.2) is 14.4 Å². The Morgan fingerprint density at radius 2 is 1.32 bits per heavy atom. The summed E-state index contributed by atoms with van der Waals surface area (Å²) in [4.78, 5) is 82.8. The molecule has 0 aromatic heterocycles. The highest BCUT2D eigenvalue weighted by atomic mass is 35.5. The van der Waals surface area contributed by atoms with Crippen molar-refractivity contribution in [2.45, 2.75) is 33.9 Å². The maximum absolute atomic E-state index is 13.8. The van der Waals surface area contributed by atoms with Crippen molar-refractivity contribution in [3.8, 4) is 50.7 Å². The van der Waals surface area contributed by atoms with Crippen molar-refractivity contribution < 1.29 is 53.2 Å². The van der Waals surface area contributed by atoms with Crippen molar-refractivity contribution in [1.29, 1.82) is 0 Å². The highest BCUT2D eigenvalue weighted by Crippen LogP contribution is 2.48. The topological polar surface area (TPSA) is 258 Å². The number of hydrogen-bond acceptors (Lipinski definition) is 11. The summed E-state index contributed by atoms with van der Waals surface area (Å²) in [5, 5.41) is 50.8. The molecule has 74 heavy (non-hydrogen) atoms. The number of aromatic carboxylic acids is 3. The zero-order chi connectivity index (χ0) is 52.7. The van der Waals surface area contributed by atoms with Gasteiger partial charge >= 0.3 is 17.9 Å². The SMILES string of the molecule is CC/N=c1\cc2oc3cc(NCC)ccc3c(-c3c(Cl)cc(C(=O)NCc4ccc(C(=O)NCc5c6oc7cc(O)ccc7c(-c7ccc(C(=O)O)cc7C(=O)O)c-6ccc5=O)cc4)c(Cl)c3C(=O)O)c-2cc1C. The molecule has 2 amide bonds. The van der Waals surface area contributed by atoms with E-state index in [1.807, 2.05) is 39.0 Å². The summed E-state index contributed by atoms with van der Waals surface area (Å²) >= 11 is 13.9. The molecule has 0 saturated heterocycles. The number of nitrogens with zero attached hydrogens (tertiary/aromatic N) is 1. The van der Waals surface area contributed by atoms with Gasteiger partial charge in [0, 0.05) is 87.7 Å². The van der Waals surface area contributed by atoms with Crippen LogP contribution in [-0.4, -0.2) is 63.2 Å². The van der Waals surface area contributed by atoms with E-state index in [0.717, 1.165) is 17.3 Å². The molecule has 18 heteroatoms. The number of phenols is 1. The second-order valence-corrected chi connectivity index (χ2v) is 17.9. The van der Waals surface area contributed by atoms with Gasteiger partial charge in [0.15, 0.2) is 5.43 Å². The van der Waals surface area contributed by atoms with Crippen molar-refractivity contribution in [3.63, 3.8) is 0 Å². The van der Waals surface area contributed by atoms with Gasteiger partial charge in [-0.1, -0.05) is 41.4 Å². The molecule has 0 spiro atoms. The summed E-state index contributed by atoms with van der Waals surface area (Å²) in [6.45, 7) is 6.51. The third kappa shape index (κ3) is 9.35. The Hall–Kier alpha value is -8.99. The van der Waals surface area contributed by atoms with E-state index in [2.05, 4.69) is 20.9 Å². The molecule has 5 aromatic rings. The fourth-order valence-corrected chi connectivity index (χ4v) is 9.64. The van der Waals surface area contributed by atoms with Gasteiger partial charge in [-0.2, -0.15) is 0 Å². The third-order valence-corrected chi connectivity index (χ3v) is 13.2. The van der Waals surface area contributed by atoms with Crippen LogP contribution in [0.25, 0.3) is 66.8 Å². The van der Waals surface area contributed by atoms with Crippen molar-refractivity contribution in [2.75, 3.05) is 18.4 Å². The van der Waals surface area contributed by atoms with Gasteiger partial charge in [-0.05, 0) is 110 Å². The number of carbonyl (C=O) groups is 5. The third-order valence-electron chi connectivity index (χ3n) is 12.5. The lowest BCUT2D eigenvalue weighted by molar-refractivity contribution is 0.0682. The Labute approximate surface area is 429 Å². The van der Waals surface area contributed by atoms with Crippen LogP contribution in [0.4, 0.5) is 5.69 Å². The zero-order valence-corrected chi connectivity index (χ0v) is 41.0. The number of fused-ring (bicyclic) bond motifs is 4. The van der Waals surface area contributed by atoms with E-state index >= 15 is 0 Å². The Bertz CT molecular complexity index is 3900. The molecule has 16 nitrogen and oxygen atoms in total. The van der Waals surface area contributed by atoms with E-state index in [9.17, 15) is 49.2 Å². The van der Waals surface area contributed by atoms with Crippen LogP contribution in [0.5, 0.6) is 5.75 Å². The van der Waals surface area contributed by atoms with Crippen LogP contribution in [0.3, 0.4) is 0 Å². The number of rotatable bonds is 14. The molecule has 372 valence electrons. The number of amides is 2. The first kappa shape index (κ1) is 50.0. The molecule has 0 atom stereocenters. The fraction of sp³-hybridized carbons (Fsp3) is 0.125. The fourth-order valence-electron chi connectivity index (χ4n) is 9.03. The summed E-state index contributed by atoms with van der Waals surface area (Å²) in [6.07, 6.45) is 0. The maximum atomic E-state index is 13.8. The smallest absolute Gasteiger partial charge is 0.337 e. The first-order valence-corrected chi connectivity index (χ1v) is 23.7. The Morgan fingerprint density at radius 3 is 2.03 bits per heavy atom. The highest BCUT2D eigenvalue weighted by molar-refractivity contribution is 6.41. The van der Waals surface area contributed by atoms with Crippen LogP contribution in [0.1, 0.15) is 82.3 Å². The summed E-state index contributed by atoms with van der Waals surface area (Å²) in [5.74, 6) is -5.24. The van der Waals surface area contributed by atoms with Crippen molar-refractivity contribution in [1.82, 2.24) is 10.6 Å². The molecule has 0 bridgehead atoms. The van der Waals surface area contributed by atoms with Crippen molar-refractivity contribution >= 4 is 80.6 Å². The lowest BCUT2D eigenvalue weighted by atomic mass is 9.88. The first-order valence-electron chi connectivity index (χ1n) is 23.0. The monoisotopic (exact) mass is 1030 g/mol. The number of nitrogens with one attached hydrogen (secondary N) is 3. The Balaban J connectivity index is 0.968. The van der Waals surface area contributed by atoms with Crippen LogP contribution in [0, 0.1) is 6.92 Å². The van der Waals surface area contributed by atoms with Crippen molar-refractivity contribution in [2.24, 2.45) is 4.99 Å². The number of anilines is 1. The van der Waals surface area contributed by atoms with Gasteiger partial charge in [0.2, 0.25) is 0 Å². The number of hydrogen-bond donors (Lipinski definition) is 7. The summed E-state index contributed by atoms with van der Waals surface area (Å²) in [5.41, 5.74) is 2.94. The number of aromatic hydroxyl groups is 1. The molecular formula is C56H42Cl2N4O12. The Kier molecular flexibility index (Phi) is 13.7. The van der Waals surface area contributed by atoms with E-state index in [0.29, 0.717) is 57.3 Å². The molecular weight excluding hydrogens is 992 g/mol. The molecule has 5 aromatic carbocycles. The minimum Gasteiger partial charge on any atom is -0.508 e. The summed E-state index contributed by atoms with van der Waals surface area (Å²) in [6, 6.07) is 27.1. The normalized spacial score (nSPS) is 11.6. The quantitative estimate of drug-likeness (QED) is 0.0501. The standard InChI is InChI=1S/C56H42Cl2N4O12/c1-4-59-30-11-14-34-43(20-30)73-45-23-41(60-5-2)26(3)18-37(45)47(34)48-40(57)22-38(50(58)49(48)56(71)72)53(66)61-24-27-6-8-28(9-7-27)52(65)62-25-39-42(64)17-16-35-46(33-15-12-31(63)21-44(33)74-51(35)39)32-13-10-29(54(67)68)19-36(32)55(69)70/h6-23,59,63H,4-5,24-25H2,1-3H3,(H,61,66)(H,62,65)(H,67,68)(H,69,70)(H,71,72)/b60-41+. The molecule has 4 aliphatic rings. The predicted molar refractivity (Wildman–Crippen MR) is 279 cm³/mol. The highest BCUT2D eigenvalue weighted by Gasteiger charge is 2.31. The molecule has 9 rings (SSSR count). The van der Waals surface area contributed by atoms with Gasteiger partial charge in [0.25, 0.3) is 11.8 Å². The molecule has 2 aliphatic heterocycles. The molecule has 0 fully saturated rings. The lowest BCUT2D eigenvalue weighted by Crippen LogP contribution is -2.27. The number of aryl methyl sites for hydroxylation is 1. The van der Waals surface area contributed by atoms with E-state index in [1.54, 1.807) is 24.3 Å². The van der Waals surface area contributed by atoms with Crippen LogP contribution >= 0.6 is 23.2 Å².